The second kappa shape index (κ2) is 6.85. The molecule has 10 heteroatoms. The summed E-state index contributed by atoms with van der Waals surface area (Å²) in [6, 6.07) is 16.1. The maximum Gasteiger partial charge on any atom is 0.376 e. The number of aromatic hydroxyl groups is 1. The van der Waals surface area contributed by atoms with Crippen LogP contribution in [0.25, 0.3) is 22.4 Å². The summed E-state index contributed by atoms with van der Waals surface area (Å²) in [5.74, 6) is -1.09. The van der Waals surface area contributed by atoms with Crippen molar-refractivity contribution in [2.24, 2.45) is 7.05 Å². The van der Waals surface area contributed by atoms with Crippen molar-refractivity contribution >= 4 is 16.7 Å². The standard InChI is InChI=1S/C20H14N4O6/c1-21-17-14(16(25)15(19(21)27)24(29)30)18(26)23(13-10-6-3-7-11-13)20(28)22(17)12-8-4-2-5-9-12/h2-11,25H,1H3. The third-order valence-corrected chi connectivity index (χ3v) is 4.73. The third kappa shape index (κ3) is 2.62. The maximum absolute atomic E-state index is 13.4. The minimum Gasteiger partial charge on any atom is -0.501 e. The summed E-state index contributed by atoms with van der Waals surface area (Å²) in [5, 5.41) is 21.4. The molecule has 30 heavy (non-hydrogen) atoms. The highest BCUT2D eigenvalue weighted by Crippen LogP contribution is 2.29. The zero-order valence-corrected chi connectivity index (χ0v) is 15.6. The molecule has 0 fully saturated rings. The fraction of sp³-hybridized carbons (Fsp3) is 0.0500. The van der Waals surface area contributed by atoms with Gasteiger partial charge in [0.25, 0.3) is 5.56 Å². The molecule has 4 rings (SSSR count). The number of hydrogen-bond donors (Lipinski definition) is 1. The summed E-state index contributed by atoms with van der Waals surface area (Å²) in [5.41, 5.74) is -3.81. The van der Waals surface area contributed by atoms with E-state index in [1.807, 2.05) is 0 Å². The molecule has 0 unspecified atom stereocenters. The van der Waals surface area contributed by atoms with Gasteiger partial charge in [-0.2, -0.15) is 0 Å². The van der Waals surface area contributed by atoms with Crippen LogP contribution < -0.4 is 16.8 Å². The summed E-state index contributed by atoms with van der Waals surface area (Å²) in [6.07, 6.45) is 0. The number of hydrogen-bond acceptors (Lipinski definition) is 6. The fourth-order valence-electron chi connectivity index (χ4n) is 3.38. The lowest BCUT2D eigenvalue weighted by atomic mass is 10.2. The summed E-state index contributed by atoms with van der Waals surface area (Å²) >= 11 is 0. The number of nitrogens with zero attached hydrogens (tertiary/aromatic N) is 4. The molecule has 0 radical (unpaired) electrons. The number of aromatic nitrogens is 3. The van der Waals surface area contributed by atoms with E-state index in [2.05, 4.69) is 0 Å². The Morgan fingerprint density at radius 1 is 0.833 bits per heavy atom. The highest BCUT2D eigenvalue weighted by Gasteiger charge is 2.30. The van der Waals surface area contributed by atoms with Crippen LogP contribution in [0.1, 0.15) is 0 Å². The molecule has 0 aliphatic rings. The molecule has 2 heterocycles. The van der Waals surface area contributed by atoms with Crippen LogP contribution in [-0.2, 0) is 7.05 Å². The number of pyridine rings is 1. The first-order chi connectivity index (χ1) is 14.3. The Morgan fingerprint density at radius 2 is 1.33 bits per heavy atom. The highest BCUT2D eigenvalue weighted by molar-refractivity contribution is 5.86. The van der Waals surface area contributed by atoms with Gasteiger partial charge in [-0.25, -0.2) is 13.9 Å². The van der Waals surface area contributed by atoms with Crippen LogP contribution in [0.4, 0.5) is 5.69 Å². The lowest BCUT2D eigenvalue weighted by molar-refractivity contribution is -0.387. The number of para-hydroxylation sites is 2. The molecule has 0 atom stereocenters. The van der Waals surface area contributed by atoms with Gasteiger partial charge in [-0.15, -0.1) is 0 Å². The lowest BCUT2D eigenvalue weighted by Gasteiger charge is -2.17. The number of rotatable bonds is 3. The van der Waals surface area contributed by atoms with Crippen molar-refractivity contribution in [3.63, 3.8) is 0 Å². The Hall–Kier alpha value is -4.47. The first-order valence-corrected chi connectivity index (χ1v) is 8.73. The van der Waals surface area contributed by atoms with Gasteiger partial charge in [-0.05, 0) is 24.3 Å². The summed E-state index contributed by atoms with van der Waals surface area (Å²) in [7, 11) is 1.20. The van der Waals surface area contributed by atoms with Crippen molar-refractivity contribution < 1.29 is 10.0 Å². The molecular formula is C20H14N4O6. The van der Waals surface area contributed by atoms with E-state index in [0.717, 1.165) is 13.7 Å². The summed E-state index contributed by atoms with van der Waals surface area (Å²) < 4.78 is 2.68. The molecule has 0 saturated carbocycles. The predicted octanol–water partition coefficient (Wildman–Crippen LogP) is 1.45. The van der Waals surface area contributed by atoms with Crippen molar-refractivity contribution in [2.45, 2.75) is 0 Å². The predicted molar refractivity (Wildman–Crippen MR) is 109 cm³/mol. The van der Waals surface area contributed by atoms with Gasteiger partial charge in [-0.3, -0.25) is 24.3 Å². The Morgan fingerprint density at radius 3 is 1.83 bits per heavy atom. The van der Waals surface area contributed by atoms with Crippen molar-refractivity contribution in [2.75, 3.05) is 0 Å². The molecule has 4 aromatic rings. The second-order valence-electron chi connectivity index (χ2n) is 6.45. The zero-order chi connectivity index (χ0) is 21.6. The summed E-state index contributed by atoms with van der Waals surface area (Å²) in [6.45, 7) is 0. The van der Waals surface area contributed by atoms with Crippen LogP contribution >= 0.6 is 0 Å². The molecular weight excluding hydrogens is 392 g/mol. The Bertz CT molecular complexity index is 1480. The molecule has 0 amide bonds. The van der Waals surface area contributed by atoms with Crippen LogP contribution in [0, 0.1) is 10.1 Å². The smallest absolute Gasteiger partial charge is 0.376 e. The largest absolute Gasteiger partial charge is 0.501 e. The van der Waals surface area contributed by atoms with E-state index in [1.165, 1.54) is 19.2 Å². The van der Waals surface area contributed by atoms with Gasteiger partial charge in [0, 0.05) is 7.05 Å². The zero-order valence-electron chi connectivity index (χ0n) is 15.6. The molecule has 0 bridgehead atoms. The van der Waals surface area contributed by atoms with E-state index in [1.54, 1.807) is 48.5 Å². The normalized spacial score (nSPS) is 11.0. The number of fused-ring (bicyclic) bond motifs is 1. The Labute approximate surface area is 167 Å². The lowest BCUT2D eigenvalue weighted by Crippen LogP contribution is -2.40. The average Bonchev–Trinajstić information content (AvgIpc) is 2.73. The molecule has 1 N–H and O–H groups in total. The minimum absolute atomic E-state index is 0.204. The van der Waals surface area contributed by atoms with E-state index in [4.69, 9.17) is 0 Å². The van der Waals surface area contributed by atoms with E-state index < -0.39 is 38.6 Å². The molecule has 10 nitrogen and oxygen atoms in total. The van der Waals surface area contributed by atoms with Crippen molar-refractivity contribution in [3.8, 4) is 17.1 Å². The number of nitro groups is 1. The molecule has 0 aliphatic heterocycles. The second-order valence-corrected chi connectivity index (χ2v) is 6.45. The van der Waals surface area contributed by atoms with E-state index in [9.17, 15) is 29.6 Å². The van der Waals surface area contributed by atoms with Crippen LogP contribution in [-0.4, -0.2) is 23.7 Å². The Kier molecular flexibility index (Phi) is 4.31. The monoisotopic (exact) mass is 406 g/mol. The third-order valence-electron chi connectivity index (χ3n) is 4.73. The van der Waals surface area contributed by atoms with Gasteiger partial charge >= 0.3 is 16.9 Å². The molecule has 0 aliphatic carbocycles. The quantitative estimate of drug-likeness (QED) is 0.405. The SMILES string of the molecule is Cn1c(=O)c([N+](=O)[O-])c(O)c2c(=O)n(-c3ccccc3)c(=O)n(-c3ccccc3)c21. The van der Waals surface area contributed by atoms with Gasteiger partial charge in [0.15, 0.2) is 0 Å². The van der Waals surface area contributed by atoms with Crippen LogP contribution in [0.3, 0.4) is 0 Å². The molecule has 150 valence electrons. The topological polar surface area (TPSA) is 129 Å². The van der Waals surface area contributed by atoms with Gasteiger partial charge < -0.3 is 5.11 Å². The van der Waals surface area contributed by atoms with Crippen LogP contribution in [0.5, 0.6) is 5.75 Å². The van der Waals surface area contributed by atoms with Gasteiger partial charge in [0.05, 0.1) is 16.3 Å². The van der Waals surface area contributed by atoms with Gasteiger partial charge in [0.1, 0.15) is 11.0 Å². The van der Waals surface area contributed by atoms with Crippen molar-refractivity contribution in [1.29, 1.82) is 0 Å². The van der Waals surface area contributed by atoms with E-state index in [-0.39, 0.29) is 11.3 Å². The van der Waals surface area contributed by atoms with Crippen LogP contribution in [0.2, 0.25) is 0 Å². The number of benzene rings is 2. The van der Waals surface area contributed by atoms with E-state index >= 15 is 0 Å². The molecule has 2 aromatic heterocycles. The first-order valence-electron chi connectivity index (χ1n) is 8.73. The summed E-state index contributed by atoms with van der Waals surface area (Å²) in [4.78, 5) is 49.5. The Balaban J connectivity index is 2.37. The minimum atomic E-state index is -1.15. The highest BCUT2D eigenvalue weighted by atomic mass is 16.6. The number of aryl methyl sites for hydroxylation is 1. The van der Waals surface area contributed by atoms with E-state index in [0.29, 0.717) is 5.69 Å². The average molecular weight is 406 g/mol. The van der Waals surface area contributed by atoms with Crippen LogP contribution in [0.15, 0.2) is 75.0 Å². The fourth-order valence-corrected chi connectivity index (χ4v) is 3.38. The van der Waals surface area contributed by atoms with Gasteiger partial charge in [0.2, 0.25) is 5.75 Å². The van der Waals surface area contributed by atoms with Crippen molar-refractivity contribution in [1.82, 2.24) is 13.7 Å². The molecule has 0 saturated heterocycles. The molecule has 0 spiro atoms. The van der Waals surface area contributed by atoms with Gasteiger partial charge in [-0.1, -0.05) is 36.4 Å². The van der Waals surface area contributed by atoms with Crippen molar-refractivity contribution in [3.05, 3.63) is 102 Å². The maximum atomic E-state index is 13.4. The first kappa shape index (κ1) is 18.9. The molecule has 2 aromatic carbocycles.